The lowest BCUT2D eigenvalue weighted by Crippen LogP contribution is -2.12. The molecule has 0 atom stereocenters. The molecule has 1 aromatic carbocycles. The predicted molar refractivity (Wildman–Crippen MR) is 93.9 cm³/mol. The Balaban J connectivity index is 2.09. The number of benzene rings is 1. The van der Waals surface area contributed by atoms with E-state index in [1.165, 1.54) is 0 Å². The summed E-state index contributed by atoms with van der Waals surface area (Å²) in [4.78, 5) is 15.6. The molecule has 0 radical (unpaired) electrons. The van der Waals surface area contributed by atoms with Crippen LogP contribution in [0.25, 0.3) is 16.9 Å². The number of fused-ring (bicyclic) bond motifs is 1. The second-order valence-corrected chi connectivity index (χ2v) is 6.24. The van der Waals surface area contributed by atoms with Crippen molar-refractivity contribution in [1.29, 1.82) is 0 Å². The van der Waals surface area contributed by atoms with Gasteiger partial charge in [-0.05, 0) is 46.6 Å². The first-order valence-corrected chi connectivity index (χ1v) is 8.13. The van der Waals surface area contributed by atoms with Crippen molar-refractivity contribution in [2.24, 2.45) is 5.73 Å². The number of carbonyl (C=O) groups is 1. The number of aromatic nitrogens is 3. The molecule has 0 unspecified atom stereocenters. The normalized spacial score (nSPS) is 11.2. The average molecular weight is 410 g/mol. The smallest absolute Gasteiger partial charge is 0.255 e. The summed E-state index contributed by atoms with van der Waals surface area (Å²) in [5.41, 5.74) is 8.80. The zero-order valence-electron chi connectivity index (χ0n) is 13.1. The summed E-state index contributed by atoms with van der Waals surface area (Å²) in [6.45, 7) is 1.30. The first-order chi connectivity index (χ1) is 11.9. The predicted octanol–water partition coefficient (Wildman–Crippen LogP) is 3.24. The van der Waals surface area contributed by atoms with Crippen molar-refractivity contribution in [2.75, 3.05) is 11.9 Å². The van der Waals surface area contributed by atoms with Crippen molar-refractivity contribution in [3.63, 3.8) is 0 Å². The van der Waals surface area contributed by atoms with Crippen LogP contribution in [-0.2, 0) is 0 Å². The Morgan fingerprint density at radius 1 is 1.40 bits per heavy atom. The van der Waals surface area contributed by atoms with E-state index in [-0.39, 0.29) is 0 Å². The molecule has 3 rings (SSSR count). The Kier molecular flexibility index (Phi) is 4.67. The molecular formula is C16H14BrF2N5O. The number of imidazole rings is 1. The molecule has 3 aromatic rings. The number of aryl methyl sites for hydroxylation is 1. The van der Waals surface area contributed by atoms with Crippen molar-refractivity contribution >= 4 is 33.2 Å². The molecule has 0 aliphatic carbocycles. The van der Waals surface area contributed by atoms with Gasteiger partial charge < -0.3 is 11.1 Å². The van der Waals surface area contributed by atoms with Gasteiger partial charge in [0.25, 0.3) is 6.43 Å². The van der Waals surface area contributed by atoms with Gasteiger partial charge in [0, 0.05) is 11.1 Å². The van der Waals surface area contributed by atoms with Crippen LogP contribution in [0.15, 0.2) is 35.1 Å². The third-order valence-electron chi connectivity index (χ3n) is 3.67. The number of alkyl halides is 2. The van der Waals surface area contributed by atoms with Crippen LogP contribution < -0.4 is 11.1 Å². The zero-order valence-corrected chi connectivity index (χ0v) is 14.7. The van der Waals surface area contributed by atoms with Crippen LogP contribution in [0.4, 0.5) is 14.5 Å². The minimum absolute atomic E-state index is 0.426. The Hall–Kier alpha value is -2.55. The van der Waals surface area contributed by atoms with Crippen molar-refractivity contribution in [2.45, 2.75) is 13.3 Å². The van der Waals surface area contributed by atoms with Crippen molar-refractivity contribution in [1.82, 2.24) is 14.6 Å². The lowest BCUT2D eigenvalue weighted by atomic mass is 10.0. The molecule has 3 N–H and O–H groups in total. The fourth-order valence-electron chi connectivity index (χ4n) is 2.55. The molecule has 9 heteroatoms. The third kappa shape index (κ3) is 3.46. The summed E-state index contributed by atoms with van der Waals surface area (Å²) < 4.78 is 27.0. The molecule has 2 aromatic heterocycles. The molecule has 1 amide bonds. The molecule has 0 spiro atoms. The Labute approximate surface area is 150 Å². The van der Waals surface area contributed by atoms with Crippen LogP contribution in [0, 0.1) is 6.92 Å². The number of nitrogens with zero attached hydrogens (tertiary/aromatic N) is 3. The number of nitrogens with two attached hydrogens (primary N) is 1. The van der Waals surface area contributed by atoms with Gasteiger partial charge >= 0.3 is 0 Å². The maximum absolute atomic E-state index is 12.5. The highest BCUT2D eigenvalue weighted by molar-refractivity contribution is 9.10. The van der Waals surface area contributed by atoms with Crippen molar-refractivity contribution < 1.29 is 13.6 Å². The number of anilines is 1. The van der Waals surface area contributed by atoms with Crippen molar-refractivity contribution in [3.05, 3.63) is 46.2 Å². The van der Waals surface area contributed by atoms with Gasteiger partial charge in [-0.2, -0.15) is 5.10 Å². The van der Waals surface area contributed by atoms with E-state index in [1.54, 1.807) is 41.9 Å². The summed E-state index contributed by atoms with van der Waals surface area (Å²) in [5.74, 6) is -0.499. The SMILES string of the molecule is Cc1cc(-c2cnc3c(NCC(F)F)cc(Br)nn23)ccc1C(N)=O. The minimum Gasteiger partial charge on any atom is -0.376 e. The largest absolute Gasteiger partial charge is 0.376 e. The summed E-state index contributed by atoms with van der Waals surface area (Å²) in [6.07, 6.45) is -0.883. The molecule has 0 saturated heterocycles. The third-order valence-corrected chi connectivity index (χ3v) is 4.06. The number of hydrogen-bond acceptors (Lipinski definition) is 4. The Morgan fingerprint density at radius 3 is 2.80 bits per heavy atom. The van der Waals surface area contributed by atoms with Crippen LogP contribution in [-0.4, -0.2) is 33.5 Å². The van der Waals surface area contributed by atoms with Gasteiger partial charge in [0.15, 0.2) is 5.65 Å². The molecule has 130 valence electrons. The molecule has 0 saturated carbocycles. The highest BCUT2D eigenvalue weighted by Crippen LogP contribution is 2.27. The molecular weight excluding hydrogens is 396 g/mol. The summed E-state index contributed by atoms with van der Waals surface area (Å²) in [6, 6.07) is 6.78. The van der Waals surface area contributed by atoms with Gasteiger partial charge in [-0.25, -0.2) is 18.3 Å². The number of carbonyl (C=O) groups excluding carboxylic acids is 1. The van der Waals surface area contributed by atoms with Gasteiger partial charge in [0.2, 0.25) is 5.91 Å². The lowest BCUT2D eigenvalue weighted by Gasteiger charge is -2.09. The lowest BCUT2D eigenvalue weighted by molar-refractivity contribution is 0.0999. The van der Waals surface area contributed by atoms with E-state index < -0.39 is 18.9 Å². The number of nitrogens with one attached hydrogen (secondary N) is 1. The monoisotopic (exact) mass is 409 g/mol. The molecule has 0 bridgehead atoms. The van der Waals surface area contributed by atoms with Crippen LogP contribution in [0.1, 0.15) is 15.9 Å². The highest BCUT2D eigenvalue weighted by atomic mass is 79.9. The zero-order chi connectivity index (χ0) is 18.1. The van der Waals surface area contributed by atoms with Crippen LogP contribution >= 0.6 is 15.9 Å². The van der Waals surface area contributed by atoms with E-state index in [9.17, 15) is 13.6 Å². The van der Waals surface area contributed by atoms with Gasteiger partial charge in [0.1, 0.15) is 4.60 Å². The number of amides is 1. The topological polar surface area (TPSA) is 85.3 Å². The first kappa shape index (κ1) is 17.3. The number of rotatable bonds is 5. The van der Waals surface area contributed by atoms with E-state index >= 15 is 0 Å². The number of hydrogen-bond donors (Lipinski definition) is 2. The first-order valence-electron chi connectivity index (χ1n) is 7.34. The fourth-order valence-corrected chi connectivity index (χ4v) is 2.94. The quantitative estimate of drug-likeness (QED) is 0.677. The Bertz CT molecular complexity index is 957. The second kappa shape index (κ2) is 6.75. The Morgan fingerprint density at radius 2 is 2.16 bits per heavy atom. The maximum atomic E-state index is 12.5. The van der Waals surface area contributed by atoms with Gasteiger partial charge in [-0.3, -0.25) is 4.79 Å². The van der Waals surface area contributed by atoms with Gasteiger partial charge in [0.05, 0.1) is 24.1 Å². The van der Waals surface area contributed by atoms with Crippen LogP contribution in [0.3, 0.4) is 0 Å². The minimum atomic E-state index is -2.48. The molecule has 0 fully saturated rings. The maximum Gasteiger partial charge on any atom is 0.255 e. The van der Waals surface area contributed by atoms with Gasteiger partial charge in [-0.15, -0.1) is 0 Å². The van der Waals surface area contributed by atoms with Crippen LogP contribution in [0.2, 0.25) is 0 Å². The number of halogens is 3. The van der Waals surface area contributed by atoms with E-state index in [4.69, 9.17) is 5.73 Å². The summed E-state index contributed by atoms with van der Waals surface area (Å²) >= 11 is 3.28. The van der Waals surface area contributed by atoms with E-state index in [0.29, 0.717) is 27.2 Å². The molecule has 0 aliphatic rings. The fraction of sp³-hybridized carbons (Fsp3) is 0.188. The average Bonchev–Trinajstić information content (AvgIpc) is 2.95. The second-order valence-electron chi connectivity index (χ2n) is 5.43. The van der Waals surface area contributed by atoms with Crippen molar-refractivity contribution in [3.8, 4) is 11.3 Å². The summed E-state index contributed by atoms with van der Waals surface area (Å²) in [7, 11) is 0. The van der Waals surface area contributed by atoms with E-state index in [2.05, 4.69) is 31.3 Å². The van der Waals surface area contributed by atoms with E-state index in [1.807, 2.05) is 0 Å². The molecule has 25 heavy (non-hydrogen) atoms. The number of primary amides is 1. The molecule has 2 heterocycles. The van der Waals surface area contributed by atoms with Crippen LogP contribution in [0.5, 0.6) is 0 Å². The van der Waals surface area contributed by atoms with E-state index in [0.717, 1.165) is 11.1 Å². The molecule has 6 nitrogen and oxygen atoms in total. The summed E-state index contributed by atoms with van der Waals surface area (Å²) in [5, 5.41) is 7.00. The standard InChI is InChI=1S/C16H14BrF2N5O/c1-8-4-9(2-3-10(8)15(20)25)12-6-22-16-11(21-7-14(18)19)5-13(17)23-24(12)16/h2-6,14,21H,7H2,1H3,(H2,20,25). The molecule has 0 aliphatic heterocycles. The highest BCUT2D eigenvalue weighted by Gasteiger charge is 2.15. The van der Waals surface area contributed by atoms with Gasteiger partial charge in [-0.1, -0.05) is 6.07 Å².